The number of hydrogen-bond donors (Lipinski definition) is 2. The van der Waals surface area contributed by atoms with E-state index in [-0.39, 0.29) is 5.95 Å². The van der Waals surface area contributed by atoms with Crippen LogP contribution in [0.25, 0.3) is 0 Å². The van der Waals surface area contributed by atoms with Crippen molar-refractivity contribution in [3.63, 3.8) is 0 Å². The zero-order valence-electron chi connectivity index (χ0n) is 11.5. The van der Waals surface area contributed by atoms with Crippen molar-refractivity contribution in [2.24, 2.45) is 0 Å². The number of rotatable bonds is 6. The topological polar surface area (TPSA) is 84.0 Å². The molecule has 8 heteroatoms. The van der Waals surface area contributed by atoms with Gasteiger partial charge in [0, 0.05) is 34.7 Å². The predicted octanol–water partition coefficient (Wildman–Crippen LogP) is 1.90. The highest BCUT2D eigenvalue weighted by Gasteiger charge is 2.23. The Labute approximate surface area is 127 Å². The first-order valence-electron chi connectivity index (χ1n) is 6.67. The fourth-order valence-electron chi connectivity index (χ4n) is 1.94. The summed E-state index contributed by atoms with van der Waals surface area (Å²) in [5.41, 5.74) is 0. The molecule has 0 amide bonds. The number of thiophene rings is 1. The summed E-state index contributed by atoms with van der Waals surface area (Å²) in [6.07, 6.45) is 5.41. The van der Waals surface area contributed by atoms with Crippen LogP contribution in [0.3, 0.4) is 0 Å². The van der Waals surface area contributed by atoms with E-state index in [4.69, 9.17) is 0 Å². The lowest BCUT2D eigenvalue weighted by molar-refractivity contribution is 0.600. The second kappa shape index (κ2) is 5.70. The van der Waals surface area contributed by atoms with Crippen molar-refractivity contribution in [3.05, 3.63) is 34.3 Å². The summed E-state index contributed by atoms with van der Waals surface area (Å²) in [6.45, 7) is 2.53. The summed E-state index contributed by atoms with van der Waals surface area (Å²) in [4.78, 5) is 9.86. The van der Waals surface area contributed by atoms with Crippen LogP contribution in [-0.2, 0) is 16.6 Å². The number of aromatic nitrogens is 2. The Morgan fingerprint density at radius 2 is 2.05 bits per heavy atom. The molecule has 21 heavy (non-hydrogen) atoms. The summed E-state index contributed by atoms with van der Waals surface area (Å²) in [7, 11) is -3.64. The fraction of sp³-hybridized carbons (Fsp3) is 0.385. The van der Waals surface area contributed by atoms with E-state index in [1.807, 2.05) is 6.92 Å². The van der Waals surface area contributed by atoms with Crippen molar-refractivity contribution in [2.75, 3.05) is 4.72 Å². The number of anilines is 1. The lowest BCUT2D eigenvalue weighted by atomic mass is 10.4. The number of nitrogens with zero attached hydrogens (tertiary/aromatic N) is 2. The zero-order valence-corrected chi connectivity index (χ0v) is 13.2. The molecule has 1 aliphatic carbocycles. The molecule has 2 aromatic rings. The van der Waals surface area contributed by atoms with E-state index < -0.39 is 10.0 Å². The number of nitrogens with one attached hydrogen (secondary N) is 2. The minimum absolute atomic E-state index is 0.0840. The van der Waals surface area contributed by atoms with Crippen LogP contribution in [-0.4, -0.2) is 24.4 Å². The van der Waals surface area contributed by atoms with Crippen LogP contribution >= 0.6 is 11.3 Å². The molecule has 0 spiro atoms. The third-order valence-corrected chi connectivity index (χ3v) is 5.78. The van der Waals surface area contributed by atoms with Gasteiger partial charge in [0.15, 0.2) is 0 Å². The standard InChI is InChI=1S/C13H16N4O2S2/c1-9-12(7-11(20-9)8-16-10-3-4-10)21(18,19)17-13-14-5-2-6-15-13/h2,5-7,10,16H,3-4,8H2,1H3,(H,14,15,17). The molecule has 0 bridgehead atoms. The van der Waals surface area contributed by atoms with E-state index >= 15 is 0 Å². The summed E-state index contributed by atoms with van der Waals surface area (Å²) in [5, 5.41) is 3.39. The van der Waals surface area contributed by atoms with Crippen molar-refractivity contribution in [1.82, 2.24) is 15.3 Å². The minimum Gasteiger partial charge on any atom is -0.309 e. The highest BCUT2D eigenvalue weighted by molar-refractivity contribution is 7.92. The van der Waals surface area contributed by atoms with Crippen molar-refractivity contribution < 1.29 is 8.42 Å². The van der Waals surface area contributed by atoms with E-state index in [2.05, 4.69) is 20.0 Å². The van der Waals surface area contributed by atoms with Gasteiger partial charge in [-0.25, -0.2) is 23.1 Å². The first kappa shape index (κ1) is 14.4. The molecule has 2 aromatic heterocycles. The van der Waals surface area contributed by atoms with Crippen molar-refractivity contribution in [2.45, 2.75) is 37.2 Å². The Balaban J connectivity index is 1.77. The number of hydrogen-bond acceptors (Lipinski definition) is 6. The smallest absolute Gasteiger partial charge is 0.265 e. The van der Waals surface area contributed by atoms with Gasteiger partial charge < -0.3 is 5.32 Å². The van der Waals surface area contributed by atoms with Gasteiger partial charge in [-0.15, -0.1) is 11.3 Å². The molecule has 0 saturated heterocycles. The van der Waals surface area contributed by atoms with Crippen LogP contribution in [0.4, 0.5) is 5.95 Å². The SMILES string of the molecule is Cc1sc(CNC2CC2)cc1S(=O)(=O)Nc1ncccn1. The molecule has 1 aliphatic rings. The quantitative estimate of drug-likeness (QED) is 0.848. The molecule has 0 unspecified atom stereocenters. The minimum atomic E-state index is -3.64. The monoisotopic (exact) mass is 324 g/mol. The lowest BCUT2D eigenvalue weighted by Gasteiger charge is -2.05. The molecule has 0 aromatic carbocycles. The number of sulfonamides is 1. The van der Waals surface area contributed by atoms with Gasteiger partial charge in [0.2, 0.25) is 5.95 Å². The molecular weight excluding hydrogens is 308 g/mol. The zero-order chi connectivity index (χ0) is 14.9. The Hall–Kier alpha value is -1.51. The van der Waals surface area contributed by atoms with Gasteiger partial charge in [-0.3, -0.25) is 0 Å². The molecule has 2 N–H and O–H groups in total. The van der Waals surface area contributed by atoms with Crippen molar-refractivity contribution in [1.29, 1.82) is 0 Å². The molecule has 0 atom stereocenters. The van der Waals surface area contributed by atoms with Crippen molar-refractivity contribution >= 4 is 27.3 Å². The Bertz CT molecular complexity index is 724. The maximum Gasteiger partial charge on any atom is 0.265 e. The molecule has 1 fully saturated rings. The molecular formula is C13H16N4O2S2. The first-order valence-corrected chi connectivity index (χ1v) is 8.97. The fourth-order valence-corrected chi connectivity index (χ4v) is 4.48. The van der Waals surface area contributed by atoms with E-state index in [0.717, 1.165) is 9.75 Å². The van der Waals surface area contributed by atoms with E-state index in [0.29, 0.717) is 17.5 Å². The summed E-state index contributed by atoms with van der Waals surface area (Å²) < 4.78 is 27.2. The third kappa shape index (κ3) is 3.58. The highest BCUT2D eigenvalue weighted by Crippen LogP contribution is 2.28. The normalized spacial score (nSPS) is 15.1. The summed E-state index contributed by atoms with van der Waals surface area (Å²) >= 11 is 1.50. The van der Waals surface area contributed by atoms with Crippen LogP contribution in [0, 0.1) is 6.92 Å². The maximum absolute atomic E-state index is 12.4. The van der Waals surface area contributed by atoms with Gasteiger partial charge in [0.05, 0.1) is 0 Å². The molecule has 6 nitrogen and oxygen atoms in total. The molecule has 2 heterocycles. The van der Waals surface area contributed by atoms with Crippen LogP contribution in [0.5, 0.6) is 0 Å². The van der Waals surface area contributed by atoms with Crippen molar-refractivity contribution in [3.8, 4) is 0 Å². The number of aryl methyl sites for hydroxylation is 1. The van der Waals surface area contributed by atoms with Gasteiger partial charge >= 0.3 is 0 Å². The second-order valence-electron chi connectivity index (χ2n) is 4.97. The molecule has 3 rings (SSSR count). The highest BCUT2D eigenvalue weighted by atomic mass is 32.2. The third-order valence-electron chi connectivity index (χ3n) is 3.15. The first-order chi connectivity index (χ1) is 10.0. The van der Waals surface area contributed by atoms with Gasteiger partial charge in [-0.05, 0) is 31.9 Å². The summed E-state index contributed by atoms with van der Waals surface area (Å²) in [5.74, 6) is 0.0840. The second-order valence-corrected chi connectivity index (χ2v) is 7.96. The van der Waals surface area contributed by atoms with Crippen LogP contribution in [0.1, 0.15) is 22.6 Å². The van der Waals surface area contributed by atoms with Crippen LogP contribution in [0.15, 0.2) is 29.4 Å². The molecule has 0 aliphatic heterocycles. The van der Waals surface area contributed by atoms with Gasteiger partial charge in [0.1, 0.15) is 4.90 Å². The van der Waals surface area contributed by atoms with E-state index in [9.17, 15) is 8.42 Å². The van der Waals surface area contributed by atoms with Gasteiger partial charge in [0.25, 0.3) is 10.0 Å². The Morgan fingerprint density at radius 1 is 1.33 bits per heavy atom. The van der Waals surface area contributed by atoms with Gasteiger partial charge in [-0.2, -0.15) is 0 Å². The van der Waals surface area contributed by atoms with E-state index in [1.165, 1.54) is 36.6 Å². The molecule has 0 radical (unpaired) electrons. The molecule has 1 saturated carbocycles. The maximum atomic E-state index is 12.4. The predicted molar refractivity (Wildman–Crippen MR) is 81.8 cm³/mol. The van der Waals surface area contributed by atoms with Gasteiger partial charge in [-0.1, -0.05) is 0 Å². The average Bonchev–Trinajstić information content (AvgIpc) is 3.19. The Morgan fingerprint density at radius 3 is 2.71 bits per heavy atom. The van der Waals surface area contributed by atoms with Crippen LogP contribution in [0.2, 0.25) is 0 Å². The largest absolute Gasteiger partial charge is 0.309 e. The summed E-state index contributed by atoms with van der Waals surface area (Å²) in [6, 6.07) is 3.96. The van der Waals surface area contributed by atoms with Crippen LogP contribution < -0.4 is 10.0 Å². The Kier molecular flexibility index (Phi) is 3.92. The lowest BCUT2D eigenvalue weighted by Crippen LogP contribution is -2.15. The average molecular weight is 324 g/mol. The van der Waals surface area contributed by atoms with E-state index in [1.54, 1.807) is 12.1 Å². The molecule has 112 valence electrons.